The molecule has 0 aliphatic heterocycles. The van der Waals surface area contributed by atoms with Crippen LogP contribution >= 0.6 is 0 Å². The van der Waals surface area contributed by atoms with E-state index in [2.05, 4.69) is 5.10 Å². The molecule has 0 atom stereocenters. The van der Waals surface area contributed by atoms with Crippen LogP contribution in [-0.4, -0.2) is 38.4 Å². The monoisotopic (exact) mass is 268 g/mol. The van der Waals surface area contributed by atoms with E-state index in [0.29, 0.717) is 18.1 Å². The summed E-state index contributed by atoms with van der Waals surface area (Å²) in [6.07, 6.45) is 1.72. The molecule has 1 N–H and O–H groups in total. The van der Waals surface area contributed by atoms with Gasteiger partial charge in [0.1, 0.15) is 12.2 Å². The van der Waals surface area contributed by atoms with E-state index in [1.54, 1.807) is 11.8 Å². The van der Waals surface area contributed by atoms with Crippen molar-refractivity contribution in [2.75, 3.05) is 11.4 Å². The molecule has 0 bridgehead atoms. The second-order valence-corrected chi connectivity index (χ2v) is 4.58. The molecule has 8 nitrogen and oxygen atoms in total. The molecular formula is C11H16N4O4. The van der Waals surface area contributed by atoms with Crippen molar-refractivity contribution in [3.8, 4) is 0 Å². The first-order valence-electron chi connectivity index (χ1n) is 6.16. The van der Waals surface area contributed by atoms with E-state index in [-0.39, 0.29) is 18.3 Å². The molecule has 2 rings (SSSR count). The number of hydrogen-bond acceptors (Lipinski definition) is 5. The SMILES string of the molecule is CCn1nc(C)c([N+](=O)[O-])c1N(CC(=O)O)C1CC1. The normalized spacial score (nSPS) is 14.4. The zero-order valence-electron chi connectivity index (χ0n) is 10.9. The van der Waals surface area contributed by atoms with Gasteiger partial charge in [0.2, 0.25) is 5.82 Å². The maximum absolute atomic E-state index is 11.2. The number of hydrogen-bond donors (Lipinski definition) is 1. The van der Waals surface area contributed by atoms with Crippen molar-refractivity contribution in [2.45, 2.75) is 39.3 Å². The van der Waals surface area contributed by atoms with Crippen molar-refractivity contribution < 1.29 is 14.8 Å². The zero-order valence-corrected chi connectivity index (χ0v) is 10.9. The smallest absolute Gasteiger partial charge is 0.333 e. The van der Waals surface area contributed by atoms with Gasteiger partial charge < -0.3 is 10.0 Å². The molecule has 0 spiro atoms. The third-order valence-corrected chi connectivity index (χ3v) is 3.12. The number of aryl methyl sites for hydroxylation is 2. The highest BCUT2D eigenvalue weighted by Gasteiger charge is 2.38. The highest BCUT2D eigenvalue weighted by molar-refractivity contribution is 5.76. The van der Waals surface area contributed by atoms with Gasteiger partial charge in [0.05, 0.1) is 4.92 Å². The van der Waals surface area contributed by atoms with E-state index in [1.165, 1.54) is 4.68 Å². The van der Waals surface area contributed by atoms with Crippen LogP contribution in [0.25, 0.3) is 0 Å². The first-order valence-corrected chi connectivity index (χ1v) is 6.16. The zero-order chi connectivity index (χ0) is 14.2. The molecule has 1 aromatic heterocycles. The van der Waals surface area contributed by atoms with Gasteiger partial charge in [-0.2, -0.15) is 5.10 Å². The van der Waals surface area contributed by atoms with Gasteiger partial charge in [-0.1, -0.05) is 0 Å². The Kier molecular flexibility index (Phi) is 3.41. The van der Waals surface area contributed by atoms with Crippen molar-refractivity contribution in [1.29, 1.82) is 0 Å². The summed E-state index contributed by atoms with van der Waals surface area (Å²) in [4.78, 5) is 23.2. The summed E-state index contributed by atoms with van der Waals surface area (Å²) < 4.78 is 1.51. The van der Waals surface area contributed by atoms with Gasteiger partial charge >= 0.3 is 11.7 Å². The Hall–Kier alpha value is -2.12. The molecule has 1 aliphatic rings. The highest BCUT2D eigenvalue weighted by atomic mass is 16.6. The number of nitro groups is 1. The van der Waals surface area contributed by atoms with Crippen LogP contribution in [0, 0.1) is 17.0 Å². The fourth-order valence-electron chi connectivity index (χ4n) is 2.19. The number of carboxylic acid groups (broad SMARTS) is 1. The Labute approximate surface area is 109 Å². The van der Waals surface area contributed by atoms with Crippen LogP contribution in [0.2, 0.25) is 0 Å². The maximum atomic E-state index is 11.2. The van der Waals surface area contributed by atoms with Crippen molar-refractivity contribution in [1.82, 2.24) is 9.78 Å². The fourth-order valence-corrected chi connectivity index (χ4v) is 2.19. The van der Waals surface area contributed by atoms with E-state index in [9.17, 15) is 14.9 Å². The molecule has 1 aromatic rings. The summed E-state index contributed by atoms with van der Waals surface area (Å²) in [5, 5.41) is 24.3. The standard InChI is InChI=1S/C11H16N4O4/c1-3-14-11(10(15(18)19)7(2)12-14)13(6-9(16)17)8-4-5-8/h8H,3-6H2,1-2H3,(H,16,17). The number of anilines is 1. The summed E-state index contributed by atoms with van der Waals surface area (Å²) in [7, 11) is 0. The minimum absolute atomic E-state index is 0.0659. The molecule has 1 saturated carbocycles. The average Bonchev–Trinajstić information content (AvgIpc) is 3.09. The molecule has 0 saturated heterocycles. The third kappa shape index (κ3) is 2.51. The van der Waals surface area contributed by atoms with E-state index in [1.807, 2.05) is 6.92 Å². The second-order valence-electron chi connectivity index (χ2n) is 4.58. The predicted octanol–water partition coefficient (Wildman–Crippen LogP) is 1.17. The minimum atomic E-state index is -0.997. The maximum Gasteiger partial charge on any atom is 0.333 e. The Bertz CT molecular complexity index is 521. The first kappa shape index (κ1) is 13.3. The Balaban J connectivity index is 2.50. The molecule has 1 aliphatic carbocycles. The molecule has 1 heterocycles. The van der Waals surface area contributed by atoms with Crippen molar-refractivity contribution >= 4 is 17.5 Å². The van der Waals surface area contributed by atoms with Gasteiger partial charge in [-0.25, -0.2) is 4.68 Å². The van der Waals surface area contributed by atoms with Crippen molar-refractivity contribution in [2.24, 2.45) is 0 Å². The molecular weight excluding hydrogens is 252 g/mol. The van der Waals surface area contributed by atoms with E-state index in [4.69, 9.17) is 5.11 Å². The molecule has 8 heteroatoms. The van der Waals surface area contributed by atoms with Gasteiger partial charge in [0.15, 0.2) is 0 Å². The van der Waals surface area contributed by atoms with Crippen LogP contribution in [0.3, 0.4) is 0 Å². The van der Waals surface area contributed by atoms with Gasteiger partial charge in [0, 0.05) is 12.6 Å². The van der Waals surface area contributed by atoms with Crippen LogP contribution < -0.4 is 4.90 Å². The van der Waals surface area contributed by atoms with E-state index >= 15 is 0 Å². The van der Waals surface area contributed by atoms with Crippen molar-refractivity contribution in [3.05, 3.63) is 15.8 Å². The van der Waals surface area contributed by atoms with Gasteiger partial charge in [0.25, 0.3) is 0 Å². The number of aliphatic carboxylic acids is 1. The van der Waals surface area contributed by atoms with E-state index in [0.717, 1.165) is 12.8 Å². The summed E-state index contributed by atoms with van der Waals surface area (Å²) in [5.74, 6) is -0.683. The quantitative estimate of drug-likeness (QED) is 0.614. The first-order chi connectivity index (χ1) is 8.95. The highest BCUT2D eigenvalue weighted by Crippen LogP contribution is 2.38. The largest absolute Gasteiger partial charge is 0.480 e. The van der Waals surface area contributed by atoms with E-state index < -0.39 is 10.9 Å². The van der Waals surface area contributed by atoms with Crippen molar-refractivity contribution in [3.63, 3.8) is 0 Å². The number of carboxylic acids is 1. The molecule has 0 unspecified atom stereocenters. The lowest BCUT2D eigenvalue weighted by Gasteiger charge is -2.22. The average molecular weight is 268 g/mol. The number of rotatable bonds is 6. The summed E-state index contributed by atoms with van der Waals surface area (Å²) in [6.45, 7) is 3.62. The number of nitrogens with zero attached hydrogens (tertiary/aromatic N) is 4. The number of aromatic nitrogens is 2. The number of carbonyl (C=O) groups is 1. The van der Waals surface area contributed by atoms with Gasteiger partial charge in [-0.15, -0.1) is 0 Å². The van der Waals surface area contributed by atoms with Gasteiger partial charge in [-0.3, -0.25) is 14.9 Å². The molecule has 0 radical (unpaired) electrons. The molecule has 1 fully saturated rings. The topological polar surface area (TPSA) is 101 Å². The predicted molar refractivity (Wildman–Crippen MR) is 67.3 cm³/mol. The second kappa shape index (κ2) is 4.87. The Morgan fingerprint density at radius 3 is 2.68 bits per heavy atom. The molecule has 0 aromatic carbocycles. The Morgan fingerprint density at radius 1 is 1.63 bits per heavy atom. The van der Waals surface area contributed by atoms with Gasteiger partial charge in [-0.05, 0) is 26.7 Å². The lowest BCUT2D eigenvalue weighted by atomic mass is 10.3. The Morgan fingerprint density at radius 2 is 2.26 bits per heavy atom. The molecule has 19 heavy (non-hydrogen) atoms. The van der Waals surface area contributed by atoms with Crippen LogP contribution in [-0.2, 0) is 11.3 Å². The lowest BCUT2D eigenvalue weighted by Crippen LogP contribution is -2.34. The molecule has 0 amide bonds. The minimum Gasteiger partial charge on any atom is -0.480 e. The molecule has 104 valence electrons. The lowest BCUT2D eigenvalue weighted by molar-refractivity contribution is -0.384. The van der Waals surface area contributed by atoms with Crippen LogP contribution in [0.1, 0.15) is 25.5 Å². The summed E-state index contributed by atoms with van der Waals surface area (Å²) >= 11 is 0. The third-order valence-electron chi connectivity index (χ3n) is 3.12. The fraction of sp³-hybridized carbons (Fsp3) is 0.636. The summed E-state index contributed by atoms with van der Waals surface area (Å²) in [5.41, 5.74) is 0.230. The van der Waals surface area contributed by atoms with Crippen LogP contribution in [0.15, 0.2) is 0 Å². The van der Waals surface area contributed by atoms with Crippen LogP contribution in [0.5, 0.6) is 0 Å². The summed E-state index contributed by atoms with van der Waals surface area (Å²) in [6, 6.07) is 0.0659. The van der Waals surface area contributed by atoms with Crippen LogP contribution in [0.4, 0.5) is 11.5 Å².